The Morgan fingerprint density at radius 3 is 2.77 bits per heavy atom. The second-order valence-electron chi connectivity index (χ2n) is 3.53. The Morgan fingerprint density at radius 1 is 1.31 bits per heavy atom. The highest BCUT2D eigenvalue weighted by Crippen LogP contribution is 2.29. The van der Waals surface area contributed by atoms with Gasteiger partial charge in [-0.1, -0.05) is 36.4 Å². The zero-order valence-corrected chi connectivity index (χ0v) is 7.74. The molecular formula is C12H15N. The molecule has 1 aromatic rings. The van der Waals surface area contributed by atoms with E-state index in [4.69, 9.17) is 0 Å². The highest BCUT2D eigenvalue weighted by molar-refractivity contribution is 5.22. The van der Waals surface area contributed by atoms with Crippen LogP contribution in [0.5, 0.6) is 0 Å². The van der Waals surface area contributed by atoms with Crippen LogP contribution in [0.1, 0.15) is 18.0 Å². The highest BCUT2D eigenvalue weighted by atomic mass is 14.9. The van der Waals surface area contributed by atoms with Gasteiger partial charge >= 0.3 is 0 Å². The molecule has 1 fully saturated rings. The van der Waals surface area contributed by atoms with E-state index in [0.717, 1.165) is 6.54 Å². The van der Waals surface area contributed by atoms with Crippen molar-refractivity contribution in [3.63, 3.8) is 0 Å². The third kappa shape index (κ3) is 1.65. The molecule has 0 amide bonds. The summed E-state index contributed by atoms with van der Waals surface area (Å²) in [7, 11) is 0. The van der Waals surface area contributed by atoms with Crippen LogP contribution in [0.25, 0.3) is 0 Å². The average molecular weight is 173 g/mol. The third-order valence-corrected chi connectivity index (χ3v) is 2.73. The molecule has 13 heavy (non-hydrogen) atoms. The summed E-state index contributed by atoms with van der Waals surface area (Å²) in [6.07, 6.45) is 3.28. The third-order valence-electron chi connectivity index (χ3n) is 2.73. The number of nitrogens with one attached hydrogen (secondary N) is 1. The van der Waals surface area contributed by atoms with Crippen LogP contribution in [0.2, 0.25) is 0 Å². The first-order valence-corrected chi connectivity index (χ1v) is 4.82. The van der Waals surface area contributed by atoms with Gasteiger partial charge in [0.2, 0.25) is 0 Å². The maximum absolute atomic E-state index is 3.88. The molecule has 0 radical (unpaired) electrons. The fourth-order valence-corrected chi connectivity index (χ4v) is 2.00. The summed E-state index contributed by atoms with van der Waals surface area (Å²) in [5.74, 6) is 0.599. The van der Waals surface area contributed by atoms with E-state index < -0.39 is 0 Å². The van der Waals surface area contributed by atoms with E-state index in [-0.39, 0.29) is 0 Å². The van der Waals surface area contributed by atoms with Gasteiger partial charge in [-0.3, -0.25) is 0 Å². The van der Waals surface area contributed by atoms with Gasteiger partial charge < -0.3 is 5.32 Å². The summed E-state index contributed by atoms with van der Waals surface area (Å²) in [4.78, 5) is 0. The SMILES string of the molecule is C=CC1CCNC1c1ccccc1. The smallest absolute Gasteiger partial charge is 0.0383 e. The number of benzene rings is 1. The van der Waals surface area contributed by atoms with E-state index in [1.165, 1.54) is 12.0 Å². The van der Waals surface area contributed by atoms with Crippen LogP contribution in [0.3, 0.4) is 0 Å². The topological polar surface area (TPSA) is 12.0 Å². The van der Waals surface area contributed by atoms with Crippen molar-refractivity contribution in [2.24, 2.45) is 5.92 Å². The first-order chi connectivity index (χ1) is 6.42. The van der Waals surface area contributed by atoms with Gasteiger partial charge in [0, 0.05) is 6.04 Å². The van der Waals surface area contributed by atoms with Crippen LogP contribution in [0.4, 0.5) is 0 Å². The fraction of sp³-hybridized carbons (Fsp3) is 0.333. The maximum atomic E-state index is 3.88. The Balaban J connectivity index is 2.21. The molecule has 0 aliphatic carbocycles. The molecule has 0 spiro atoms. The van der Waals surface area contributed by atoms with Gasteiger partial charge in [0.05, 0.1) is 0 Å². The molecule has 2 unspecified atom stereocenters. The highest BCUT2D eigenvalue weighted by Gasteiger charge is 2.24. The zero-order valence-electron chi connectivity index (χ0n) is 7.74. The van der Waals surface area contributed by atoms with Crippen molar-refractivity contribution in [3.05, 3.63) is 48.6 Å². The first kappa shape index (κ1) is 8.52. The Labute approximate surface area is 79.5 Å². The second kappa shape index (κ2) is 3.75. The zero-order chi connectivity index (χ0) is 9.10. The molecule has 0 bridgehead atoms. The van der Waals surface area contributed by atoms with E-state index in [0.29, 0.717) is 12.0 Å². The molecule has 1 aliphatic rings. The molecule has 1 aliphatic heterocycles. The second-order valence-corrected chi connectivity index (χ2v) is 3.53. The van der Waals surface area contributed by atoms with Gasteiger partial charge in [-0.2, -0.15) is 0 Å². The van der Waals surface area contributed by atoms with Crippen molar-refractivity contribution >= 4 is 0 Å². The van der Waals surface area contributed by atoms with Gasteiger partial charge in [0.25, 0.3) is 0 Å². The molecule has 2 atom stereocenters. The number of rotatable bonds is 2. The van der Waals surface area contributed by atoms with E-state index in [1.54, 1.807) is 0 Å². The molecular weight excluding hydrogens is 158 g/mol. The summed E-state index contributed by atoms with van der Waals surface area (Å²) < 4.78 is 0. The van der Waals surface area contributed by atoms with Crippen molar-refractivity contribution < 1.29 is 0 Å². The maximum Gasteiger partial charge on any atom is 0.0383 e. The molecule has 2 rings (SSSR count). The quantitative estimate of drug-likeness (QED) is 0.678. The summed E-state index contributed by atoms with van der Waals surface area (Å²) in [6.45, 7) is 4.99. The van der Waals surface area contributed by atoms with Gasteiger partial charge in [0.15, 0.2) is 0 Å². The largest absolute Gasteiger partial charge is 0.309 e. The molecule has 1 nitrogen and oxygen atoms in total. The van der Waals surface area contributed by atoms with E-state index in [9.17, 15) is 0 Å². The van der Waals surface area contributed by atoms with Gasteiger partial charge in [-0.15, -0.1) is 6.58 Å². The van der Waals surface area contributed by atoms with Crippen LogP contribution < -0.4 is 5.32 Å². The molecule has 0 aromatic heterocycles. The lowest BCUT2D eigenvalue weighted by Crippen LogP contribution is -2.16. The van der Waals surface area contributed by atoms with Crippen LogP contribution in [0.15, 0.2) is 43.0 Å². The molecule has 1 N–H and O–H groups in total. The lowest BCUT2D eigenvalue weighted by atomic mass is 9.95. The molecule has 1 heterocycles. The Morgan fingerprint density at radius 2 is 2.08 bits per heavy atom. The van der Waals surface area contributed by atoms with Crippen molar-refractivity contribution in [2.45, 2.75) is 12.5 Å². The summed E-state index contributed by atoms with van der Waals surface area (Å²) in [5, 5.41) is 3.50. The molecule has 1 aromatic carbocycles. The Kier molecular flexibility index (Phi) is 2.46. The minimum absolute atomic E-state index is 0.485. The molecule has 1 saturated heterocycles. The Hall–Kier alpha value is -1.08. The molecule has 68 valence electrons. The summed E-state index contributed by atoms with van der Waals surface area (Å²) in [6, 6.07) is 11.1. The minimum atomic E-state index is 0.485. The van der Waals surface area contributed by atoms with Gasteiger partial charge in [-0.25, -0.2) is 0 Å². The summed E-state index contributed by atoms with van der Waals surface area (Å²) >= 11 is 0. The number of hydrogen-bond donors (Lipinski definition) is 1. The van der Waals surface area contributed by atoms with Crippen LogP contribution in [0, 0.1) is 5.92 Å². The van der Waals surface area contributed by atoms with Crippen LogP contribution >= 0.6 is 0 Å². The molecule has 1 heteroatoms. The van der Waals surface area contributed by atoms with Crippen molar-refractivity contribution in [1.29, 1.82) is 0 Å². The fourth-order valence-electron chi connectivity index (χ4n) is 2.00. The predicted molar refractivity (Wildman–Crippen MR) is 55.5 cm³/mol. The molecule has 0 saturated carbocycles. The predicted octanol–water partition coefficient (Wildman–Crippen LogP) is 2.52. The number of hydrogen-bond acceptors (Lipinski definition) is 1. The van der Waals surface area contributed by atoms with Gasteiger partial charge in [0.1, 0.15) is 0 Å². The minimum Gasteiger partial charge on any atom is -0.309 e. The van der Waals surface area contributed by atoms with Crippen LogP contribution in [-0.4, -0.2) is 6.54 Å². The lowest BCUT2D eigenvalue weighted by Gasteiger charge is -2.16. The van der Waals surface area contributed by atoms with Gasteiger partial charge in [-0.05, 0) is 24.4 Å². The standard InChI is InChI=1S/C12H15N/c1-2-10-8-9-13-12(10)11-6-4-3-5-7-11/h2-7,10,12-13H,1,8-9H2. The first-order valence-electron chi connectivity index (χ1n) is 4.82. The van der Waals surface area contributed by atoms with E-state index >= 15 is 0 Å². The van der Waals surface area contributed by atoms with E-state index in [2.05, 4.69) is 48.3 Å². The Bertz CT molecular complexity index is 278. The van der Waals surface area contributed by atoms with E-state index in [1.807, 2.05) is 0 Å². The normalized spacial score (nSPS) is 27.4. The van der Waals surface area contributed by atoms with Crippen molar-refractivity contribution in [3.8, 4) is 0 Å². The lowest BCUT2D eigenvalue weighted by molar-refractivity contribution is 0.552. The average Bonchev–Trinajstić information content (AvgIpc) is 2.67. The summed E-state index contributed by atoms with van der Waals surface area (Å²) in [5.41, 5.74) is 1.38. The van der Waals surface area contributed by atoms with Crippen molar-refractivity contribution in [2.75, 3.05) is 6.54 Å². The van der Waals surface area contributed by atoms with Crippen LogP contribution in [-0.2, 0) is 0 Å². The van der Waals surface area contributed by atoms with Crippen molar-refractivity contribution in [1.82, 2.24) is 5.32 Å². The monoisotopic (exact) mass is 173 g/mol.